The first kappa shape index (κ1) is 21.0. The van der Waals surface area contributed by atoms with E-state index in [0.29, 0.717) is 23.9 Å². The number of rotatable bonds is 7. The van der Waals surface area contributed by atoms with Crippen LogP contribution in [0, 0.1) is 0 Å². The highest BCUT2D eigenvalue weighted by molar-refractivity contribution is 6.30. The van der Waals surface area contributed by atoms with Crippen molar-refractivity contribution in [3.63, 3.8) is 0 Å². The molecule has 3 rings (SSSR count). The Labute approximate surface area is 177 Å². The van der Waals surface area contributed by atoms with E-state index in [0.717, 1.165) is 11.3 Å². The molecule has 0 aliphatic rings. The zero-order chi connectivity index (χ0) is 20.9. The highest BCUT2D eigenvalue weighted by Crippen LogP contribution is 2.23. The Morgan fingerprint density at radius 1 is 1.03 bits per heavy atom. The summed E-state index contributed by atoms with van der Waals surface area (Å²) < 4.78 is 11.1. The van der Waals surface area contributed by atoms with Gasteiger partial charge in [0.05, 0.1) is 12.8 Å². The van der Waals surface area contributed by atoms with Gasteiger partial charge in [0.15, 0.2) is 6.61 Å². The number of ether oxygens (including phenoxy) is 1. The minimum absolute atomic E-state index is 0.0683. The van der Waals surface area contributed by atoms with Crippen LogP contribution in [0.15, 0.2) is 71.3 Å². The second-order valence-corrected chi connectivity index (χ2v) is 8.46. The average Bonchev–Trinajstić information content (AvgIpc) is 3.18. The molecule has 1 amide bonds. The molecular weight excluding hydrogens is 386 g/mol. The van der Waals surface area contributed by atoms with Crippen LogP contribution in [0.3, 0.4) is 0 Å². The van der Waals surface area contributed by atoms with Crippen molar-refractivity contribution in [3.8, 4) is 5.75 Å². The molecule has 0 aliphatic heterocycles. The van der Waals surface area contributed by atoms with E-state index in [4.69, 9.17) is 20.8 Å². The van der Waals surface area contributed by atoms with Gasteiger partial charge in [0.2, 0.25) is 0 Å². The smallest absolute Gasteiger partial charge is 0.261 e. The molecule has 0 atom stereocenters. The van der Waals surface area contributed by atoms with Crippen LogP contribution in [0.1, 0.15) is 37.7 Å². The molecule has 1 heterocycles. The van der Waals surface area contributed by atoms with Gasteiger partial charge in [-0.25, -0.2) is 0 Å². The summed E-state index contributed by atoms with van der Waals surface area (Å²) in [5, 5.41) is 0.571. The number of hydrogen-bond acceptors (Lipinski definition) is 3. The zero-order valence-electron chi connectivity index (χ0n) is 17.0. The largest absolute Gasteiger partial charge is 0.484 e. The zero-order valence-corrected chi connectivity index (χ0v) is 17.8. The average molecular weight is 412 g/mol. The van der Waals surface area contributed by atoms with E-state index in [2.05, 4.69) is 45.0 Å². The lowest BCUT2D eigenvalue weighted by Crippen LogP contribution is -2.34. The van der Waals surface area contributed by atoms with E-state index in [-0.39, 0.29) is 17.9 Å². The fourth-order valence-corrected chi connectivity index (χ4v) is 3.13. The molecule has 152 valence electrons. The van der Waals surface area contributed by atoms with E-state index in [1.165, 1.54) is 5.56 Å². The number of halogens is 1. The topological polar surface area (TPSA) is 42.7 Å². The van der Waals surface area contributed by atoms with E-state index < -0.39 is 0 Å². The van der Waals surface area contributed by atoms with Gasteiger partial charge in [-0.05, 0) is 46.9 Å². The van der Waals surface area contributed by atoms with Crippen molar-refractivity contribution in [2.75, 3.05) is 6.61 Å². The van der Waals surface area contributed by atoms with Crippen LogP contribution in [-0.2, 0) is 23.3 Å². The van der Waals surface area contributed by atoms with E-state index >= 15 is 0 Å². The van der Waals surface area contributed by atoms with Gasteiger partial charge in [-0.15, -0.1) is 0 Å². The van der Waals surface area contributed by atoms with Gasteiger partial charge >= 0.3 is 0 Å². The summed E-state index contributed by atoms with van der Waals surface area (Å²) in [7, 11) is 0. The SMILES string of the molecule is CC(C)(C)c1ccc(CN(Cc2ccco2)C(=O)COc2cccc(Cl)c2)cc1. The molecule has 1 aromatic heterocycles. The molecule has 0 fully saturated rings. The van der Waals surface area contributed by atoms with Crippen molar-refractivity contribution in [2.45, 2.75) is 39.3 Å². The van der Waals surface area contributed by atoms with Gasteiger partial charge in [0.1, 0.15) is 11.5 Å². The van der Waals surface area contributed by atoms with Gasteiger partial charge in [-0.3, -0.25) is 4.79 Å². The molecule has 5 heteroatoms. The molecule has 0 saturated heterocycles. The summed E-state index contributed by atoms with van der Waals surface area (Å²) in [6.45, 7) is 7.33. The van der Waals surface area contributed by atoms with Crippen LogP contribution < -0.4 is 4.74 Å². The molecule has 4 nitrogen and oxygen atoms in total. The first-order valence-electron chi connectivity index (χ1n) is 9.59. The van der Waals surface area contributed by atoms with Gasteiger partial charge in [0, 0.05) is 11.6 Å². The molecular formula is C24H26ClNO3. The third kappa shape index (κ3) is 6.13. The quantitative estimate of drug-likeness (QED) is 0.490. The predicted molar refractivity (Wildman–Crippen MR) is 115 cm³/mol. The number of hydrogen-bond donors (Lipinski definition) is 0. The molecule has 0 saturated carbocycles. The van der Waals surface area contributed by atoms with Crippen LogP contribution in [0.5, 0.6) is 5.75 Å². The number of carbonyl (C=O) groups excluding carboxylic acids is 1. The predicted octanol–water partition coefficient (Wildman–Crippen LogP) is 5.84. The summed E-state index contributed by atoms with van der Waals surface area (Å²) >= 11 is 5.98. The lowest BCUT2D eigenvalue weighted by molar-refractivity contribution is -0.134. The summed E-state index contributed by atoms with van der Waals surface area (Å²) in [6.07, 6.45) is 1.61. The second kappa shape index (κ2) is 9.19. The highest BCUT2D eigenvalue weighted by atomic mass is 35.5. The van der Waals surface area contributed by atoms with Crippen molar-refractivity contribution in [1.82, 2.24) is 4.90 Å². The summed E-state index contributed by atoms with van der Waals surface area (Å²) in [6, 6.07) is 19.1. The minimum atomic E-state index is -0.124. The van der Waals surface area contributed by atoms with Crippen LogP contribution in [0.25, 0.3) is 0 Å². The van der Waals surface area contributed by atoms with Crippen LogP contribution in [0.2, 0.25) is 5.02 Å². The molecule has 2 aromatic carbocycles. The van der Waals surface area contributed by atoms with Gasteiger partial charge in [-0.2, -0.15) is 0 Å². The van der Waals surface area contributed by atoms with Crippen LogP contribution in [0.4, 0.5) is 0 Å². The third-order valence-corrected chi connectivity index (χ3v) is 4.87. The van der Waals surface area contributed by atoms with E-state index in [1.54, 1.807) is 35.4 Å². The van der Waals surface area contributed by atoms with Gasteiger partial charge in [0.25, 0.3) is 5.91 Å². The summed E-state index contributed by atoms with van der Waals surface area (Å²) in [5.74, 6) is 1.17. The summed E-state index contributed by atoms with van der Waals surface area (Å²) in [5.41, 5.74) is 2.41. The lowest BCUT2D eigenvalue weighted by Gasteiger charge is -2.23. The molecule has 0 unspecified atom stereocenters. The normalized spacial score (nSPS) is 11.3. The van der Waals surface area contributed by atoms with Crippen LogP contribution >= 0.6 is 11.6 Å². The first-order chi connectivity index (χ1) is 13.8. The third-order valence-electron chi connectivity index (χ3n) is 4.63. The number of nitrogens with zero attached hydrogens (tertiary/aromatic N) is 1. The van der Waals surface area contributed by atoms with Gasteiger partial charge in [-0.1, -0.05) is 62.7 Å². The second-order valence-electron chi connectivity index (χ2n) is 8.02. The lowest BCUT2D eigenvalue weighted by atomic mass is 9.87. The van der Waals surface area contributed by atoms with Crippen molar-refractivity contribution in [2.24, 2.45) is 0 Å². The summed E-state index contributed by atoms with van der Waals surface area (Å²) in [4.78, 5) is 14.6. The van der Waals surface area contributed by atoms with Crippen molar-refractivity contribution < 1.29 is 13.9 Å². The number of carbonyl (C=O) groups is 1. The number of furan rings is 1. The Bertz CT molecular complexity index is 928. The number of amides is 1. The molecule has 3 aromatic rings. The molecule has 0 aliphatic carbocycles. The van der Waals surface area contributed by atoms with E-state index in [9.17, 15) is 4.79 Å². The fourth-order valence-electron chi connectivity index (χ4n) is 2.95. The monoisotopic (exact) mass is 411 g/mol. The first-order valence-corrected chi connectivity index (χ1v) is 9.97. The Balaban J connectivity index is 1.70. The van der Waals surface area contributed by atoms with Gasteiger partial charge < -0.3 is 14.1 Å². The van der Waals surface area contributed by atoms with Crippen molar-refractivity contribution in [1.29, 1.82) is 0 Å². The maximum atomic E-state index is 12.9. The van der Waals surface area contributed by atoms with Crippen molar-refractivity contribution >= 4 is 17.5 Å². The fraction of sp³-hybridized carbons (Fsp3) is 0.292. The maximum absolute atomic E-state index is 12.9. The van der Waals surface area contributed by atoms with E-state index in [1.807, 2.05) is 12.1 Å². The Morgan fingerprint density at radius 3 is 2.41 bits per heavy atom. The maximum Gasteiger partial charge on any atom is 0.261 e. The Hall–Kier alpha value is -2.72. The van der Waals surface area contributed by atoms with Crippen molar-refractivity contribution in [3.05, 3.63) is 88.8 Å². The highest BCUT2D eigenvalue weighted by Gasteiger charge is 2.18. The number of benzene rings is 2. The van der Waals surface area contributed by atoms with Crippen LogP contribution in [-0.4, -0.2) is 17.4 Å². The standard InChI is InChI=1S/C24H26ClNO3/c1-24(2,3)19-11-9-18(10-12-19)15-26(16-22-8-5-13-28-22)23(27)17-29-21-7-4-6-20(25)14-21/h4-14H,15-17H2,1-3H3. The molecule has 0 spiro atoms. The molecule has 0 bridgehead atoms. The Kier molecular flexibility index (Phi) is 6.65. The molecule has 29 heavy (non-hydrogen) atoms. The Morgan fingerprint density at radius 2 is 1.79 bits per heavy atom. The molecule has 0 radical (unpaired) electrons. The molecule has 0 N–H and O–H groups in total. The minimum Gasteiger partial charge on any atom is -0.484 e.